The second kappa shape index (κ2) is 7.54. The van der Waals surface area contributed by atoms with Crippen LogP contribution in [0.1, 0.15) is 24.3 Å². The van der Waals surface area contributed by atoms with Gasteiger partial charge < -0.3 is 9.47 Å². The first kappa shape index (κ1) is 13.4. The van der Waals surface area contributed by atoms with Gasteiger partial charge in [-0.15, -0.1) is 11.3 Å². The molecule has 0 aliphatic carbocycles. The number of hydrogen-bond acceptors (Lipinski definition) is 4. The van der Waals surface area contributed by atoms with Crippen LogP contribution >= 0.6 is 11.3 Å². The molecule has 1 heterocycles. The van der Waals surface area contributed by atoms with E-state index in [1.807, 2.05) is 20.1 Å². The number of rotatable bonds is 7. The molecule has 0 fully saturated rings. The Kier molecular flexibility index (Phi) is 6.30. The maximum absolute atomic E-state index is 5.39. The fraction of sp³-hybridized carbons (Fsp3) is 0.583. The van der Waals surface area contributed by atoms with Crippen LogP contribution < -0.4 is 0 Å². The molecule has 3 nitrogen and oxygen atoms in total. The summed E-state index contributed by atoms with van der Waals surface area (Å²) < 4.78 is 10.8. The maximum atomic E-state index is 5.39. The second-order valence-electron chi connectivity index (χ2n) is 3.36. The summed E-state index contributed by atoms with van der Waals surface area (Å²) in [6, 6.07) is 2.12. The van der Waals surface area contributed by atoms with Crippen molar-refractivity contribution in [2.75, 3.05) is 19.8 Å². The van der Waals surface area contributed by atoms with Crippen LogP contribution in [-0.2, 0) is 9.47 Å². The van der Waals surface area contributed by atoms with Crippen LogP contribution in [0.5, 0.6) is 0 Å². The van der Waals surface area contributed by atoms with E-state index in [1.54, 1.807) is 11.3 Å². The molecule has 90 valence electrons. The summed E-state index contributed by atoms with van der Waals surface area (Å²) in [4.78, 5) is 5.50. The zero-order valence-corrected chi connectivity index (χ0v) is 10.9. The third kappa shape index (κ3) is 4.88. The summed E-state index contributed by atoms with van der Waals surface area (Å²) in [5.74, 6) is 0. The van der Waals surface area contributed by atoms with Gasteiger partial charge in [-0.1, -0.05) is 0 Å². The summed E-state index contributed by atoms with van der Waals surface area (Å²) in [6.45, 7) is 7.85. The van der Waals surface area contributed by atoms with Crippen LogP contribution in [-0.4, -0.2) is 32.3 Å². The van der Waals surface area contributed by atoms with Gasteiger partial charge in [-0.05, 0) is 37.8 Å². The summed E-state index contributed by atoms with van der Waals surface area (Å²) in [5.41, 5.74) is 1.28. The van der Waals surface area contributed by atoms with Crippen LogP contribution in [0.4, 0.5) is 0 Å². The van der Waals surface area contributed by atoms with Gasteiger partial charge in [0.2, 0.25) is 0 Å². The molecule has 1 aromatic heterocycles. The van der Waals surface area contributed by atoms with Crippen LogP contribution in [0, 0.1) is 6.92 Å². The molecule has 4 heteroatoms. The molecule has 0 amide bonds. The van der Waals surface area contributed by atoms with Gasteiger partial charge >= 0.3 is 0 Å². The van der Waals surface area contributed by atoms with E-state index in [9.17, 15) is 0 Å². The highest BCUT2D eigenvalue weighted by molar-refractivity contribution is 7.11. The maximum Gasteiger partial charge on any atom is 0.176 e. The van der Waals surface area contributed by atoms with Gasteiger partial charge in [0.05, 0.1) is 6.54 Å². The number of nitrogens with zero attached hydrogens (tertiary/aromatic N) is 1. The monoisotopic (exact) mass is 241 g/mol. The summed E-state index contributed by atoms with van der Waals surface area (Å²) in [7, 11) is 0. The largest absolute Gasteiger partial charge is 0.351 e. The lowest BCUT2D eigenvalue weighted by atomic mass is 10.3. The van der Waals surface area contributed by atoms with Crippen LogP contribution in [0.25, 0.3) is 0 Å². The SMILES string of the molecule is CCOC(CN=Cc1cc(C)cs1)OCC. The lowest BCUT2D eigenvalue weighted by Crippen LogP contribution is -2.20. The number of aryl methyl sites for hydroxylation is 1. The zero-order valence-electron chi connectivity index (χ0n) is 10.1. The van der Waals surface area contributed by atoms with Crippen molar-refractivity contribution < 1.29 is 9.47 Å². The fourth-order valence-electron chi connectivity index (χ4n) is 1.28. The summed E-state index contributed by atoms with van der Waals surface area (Å²) in [5, 5.41) is 2.12. The third-order valence-corrected chi connectivity index (χ3v) is 2.91. The molecule has 1 aromatic rings. The molecule has 0 aliphatic rings. The Labute approximate surface area is 101 Å². The summed E-state index contributed by atoms with van der Waals surface area (Å²) >= 11 is 1.70. The Morgan fingerprint density at radius 2 is 2.06 bits per heavy atom. The minimum Gasteiger partial charge on any atom is -0.351 e. The molecule has 0 N–H and O–H groups in total. The van der Waals surface area contributed by atoms with Gasteiger partial charge in [0, 0.05) is 24.3 Å². The molecule has 0 saturated carbocycles. The highest BCUT2D eigenvalue weighted by atomic mass is 32.1. The first-order valence-electron chi connectivity index (χ1n) is 5.54. The summed E-state index contributed by atoms with van der Waals surface area (Å²) in [6.07, 6.45) is 1.66. The average Bonchev–Trinajstić information content (AvgIpc) is 2.65. The molecule has 0 unspecified atom stereocenters. The number of hydrogen-bond donors (Lipinski definition) is 0. The standard InChI is InChI=1S/C12H19NO2S/c1-4-14-12(15-5-2)8-13-7-11-6-10(3)9-16-11/h6-7,9,12H,4-5,8H2,1-3H3. The Bertz CT molecular complexity index is 317. The van der Waals surface area contributed by atoms with Crippen molar-refractivity contribution >= 4 is 17.6 Å². The van der Waals surface area contributed by atoms with Crippen LogP contribution in [0.15, 0.2) is 16.4 Å². The third-order valence-electron chi connectivity index (χ3n) is 1.93. The van der Waals surface area contributed by atoms with Gasteiger partial charge in [0.1, 0.15) is 0 Å². The van der Waals surface area contributed by atoms with Crippen molar-refractivity contribution in [3.8, 4) is 0 Å². The lowest BCUT2D eigenvalue weighted by Gasteiger charge is -2.13. The molecular formula is C12H19NO2S. The van der Waals surface area contributed by atoms with Gasteiger partial charge in [-0.2, -0.15) is 0 Å². The van der Waals surface area contributed by atoms with E-state index in [0.717, 1.165) is 0 Å². The Hall–Kier alpha value is -0.710. The number of thiophene rings is 1. The van der Waals surface area contributed by atoms with E-state index in [2.05, 4.69) is 23.4 Å². The fourth-order valence-corrected chi connectivity index (χ4v) is 2.05. The minimum atomic E-state index is -0.215. The molecule has 0 aromatic carbocycles. The normalized spacial score (nSPS) is 11.8. The Balaban J connectivity index is 2.38. The quantitative estimate of drug-likeness (QED) is 0.543. The van der Waals surface area contributed by atoms with Crippen molar-refractivity contribution in [1.29, 1.82) is 0 Å². The highest BCUT2D eigenvalue weighted by Crippen LogP contribution is 2.11. The van der Waals surface area contributed by atoms with Crippen LogP contribution in [0.3, 0.4) is 0 Å². The molecule has 1 rings (SSSR count). The van der Waals surface area contributed by atoms with E-state index >= 15 is 0 Å². The first-order chi connectivity index (χ1) is 7.76. The smallest absolute Gasteiger partial charge is 0.176 e. The molecule has 0 bridgehead atoms. The van der Waals surface area contributed by atoms with Crippen molar-refractivity contribution in [1.82, 2.24) is 0 Å². The highest BCUT2D eigenvalue weighted by Gasteiger charge is 2.05. The molecule has 0 spiro atoms. The Morgan fingerprint density at radius 1 is 1.38 bits per heavy atom. The minimum absolute atomic E-state index is 0.215. The molecule has 0 atom stereocenters. The van der Waals surface area contributed by atoms with E-state index in [-0.39, 0.29) is 6.29 Å². The van der Waals surface area contributed by atoms with Crippen molar-refractivity contribution in [3.63, 3.8) is 0 Å². The molecule has 0 saturated heterocycles. The lowest BCUT2D eigenvalue weighted by molar-refractivity contribution is -0.128. The van der Waals surface area contributed by atoms with Crippen molar-refractivity contribution in [2.45, 2.75) is 27.1 Å². The molecule has 0 radical (unpaired) electrons. The van der Waals surface area contributed by atoms with Gasteiger partial charge in [0.25, 0.3) is 0 Å². The van der Waals surface area contributed by atoms with Gasteiger partial charge in [-0.25, -0.2) is 0 Å². The Morgan fingerprint density at radius 3 is 2.56 bits per heavy atom. The van der Waals surface area contributed by atoms with Crippen molar-refractivity contribution in [3.05, 3.63) is 21.9 Å². The zero-order chi connectivity index (χ0) is 11.8. The molecular weight excluding hydrogens is 222 g/mol. The average molecular weight is 241 g/mol. The van der Waals surface area contributed by atoms with Gasteiger partial charge in [-0.3, -0.25) is 4.99 Å². The molecule has 0 aliphatic heterocycles. The topological polar surface area (TPSA) is 30.8 Å². The van der Waals surface area contributed by atoms with Crippen LogP contribution in [0.2, 0.25) is 0 Å². The van der Waals surface area contributed by atoms with Crippen molar-refractivity contribution in [2.24, 2.45) is 4.99 Å². The predicted octanol–water partition coefficient (Wildman–Crippen LogP) is 2.87. The number of ether oxygens (including phenoxy) is 2. The number of aliphatic imine (C=N–C) groups is 1. The first-order valence-corrected chi connectivity index (χ1v) is 6.42. The predicted molar refractivity (Wildman–Crippen MR) is 68.6 cm³/mol. The second-order valence-corrected chi connectivity index (χ2v) is 4.30. The van der Waals surface area contributed by atoms with Gasteiger partial charge in [0.15, 0.2) is 6.29 Å². The van der Waals surface area contributed by atoms with E-state index in [1.165, 1.54) is 10.4 Å². The van der Waals surface area contributed by atoms with E-state index < -0.39 is 0 Å². The van der Waals surface area contributed by atoms with E-state index in [4.69, 9.17) is 9.47 Å². The molecule has 16 heavy (non-hydrogen) atoms. The van der Waals surface area contributed by atoms with E-state index in [0.29, 0.717) is 19.8 Å².